The average molecular weight is 369 g/mol. The standard InChI is InChI=1S/C13H19BrClNO2S/c1-3-10(4-2)13(14)9-16-19(17,18)12-7-5-11(15)6-8-12/h5-8,10,13,16H,3-4,9H2,1-2H3. The van der Waals surface area contributed by atoms with E-state index in [2.05, 4.69) is 34.5 Å². The first-order chi connectivity index (χ1) is 8.90. The predicted octanol–water partition coefficient (Wildman–Crippen LogP) is 3.82. The molecule has 1 atom stereocenters. The Kier molecular flexibility index (Phi) is 6.80. The van der Waals surface area contributed by atoms with E-state index >= 15 is 0 Å². The molecule has 3 nitrogen and oxygen atoms in total. The first kappa shape index (κ1) is 17.0. The second-order valence-corrected chi connectivity index (χ2v) is 7.78. The zero-order valence-electron chi connectivity index (χ0n) is 11.1. The molecule has 6 heteroatoms. The lowest BCUT2D eigenvalue weighted by Crippen LogP contribution is -2.32. The molecule has 108 valence electrons. The van der Waals surface area contributed by atoms with Gasteiger partial charge in [-0.05, 0) is 30.2 Å². The third-order valence-electron chi connectivity index (χ3n) is 3.15. The fraction of sp³-hybridized carbons (Fsp3) is 0.538. The lowest BCUT2D eigenvalue weighted by molar-refractivity contribution is 0.471. The maximum absolute atomic E-state index is 12.1. The van der Waals surface area contributed by atoms with Crippen LogP contribution in [0.15, 0.2) is 29.2 Å². The summed E-state index contributed by atoms with van der Waals surface area (Å²) in [4.78, 5) is 0.380. The van der Waals surface area contributed by atoms with Crippen molar-refractivity contribution < 1.29 is 8.42 Å². The van der Waals surface area contributed by atoms with E-state index in [1.807, 2.05) is 0 Å². The number of benzene rings is 1. The number of hydrogen-bond donors (Lipinski definition) is 1. The number of alkyl halides is 1. The molecule has 0 saturated heterocycles. The Morgan fingerprint density at radius 3 is 2.21 bits per heavy atom. The molecular formula is C13H19BrClNO2S. The third kappa shape index (κ3) is 5.06. The molecule has 0 spiro atoms. The summed E-state index contributed by atoms with van der Waals surface area (Å²) in [5, 5.41) is 0.523. The molecule has 0 fully saturated rings. The number of sulfonamides is 1. The fourth-order valence-corrected chi connectivity index (χ4v) is 4.16. The van der Waals surface area contributed by atoms with Crippen LogP contribution in [0.4, 0.5) is 0 Å². The smallest absolute Gasteiger partial charge is 0.210 e. The second-order valence-electron chi connectivity index (χ2n) is 4.40. The van der Waals surface area contributed by atoms with Crippen LogP contribution >= 0.6 is 27.5 Å². The van der Waals surface area contributed by atoms with E-state index in [1.165, 1.54) is 12.1 Å². The van der Waals surface area contributed by atoms with Gasteiger partial charge in [-0.1, -0.05) is 54.2 Å². The van der Waals surface area contributed by atoms with E-state index in [-0.39, 0.29) is 9.72 Å². The van der Waals surface area contributed by atoms with Gasteiger partial charge in [-0.15, -0.1) is 0 Å². The number of rotatable bonds is 7. The molecule has 1 aromatic carbocycles. The minimum atomic E-state index is -3.46. The van der Waals surface area contributed by atoms with Crippen LogP contribution in [-0.2, 0) is 10.0 Å². The minimum Gasteiger partial charge on any atom is -0.210 e. The van der Waals surface area contributed by atoms with E-state index in [4.69, 9.17) is 11.6 Å². The van der Waals surface area contributed by atoms with Crippen LogP contribution in [0.1, 0.15) is 26.7 Å². The Balaban J connectivity index is 2.68. The Hall–Kier alpha value is -0.100. The SMILES string of the molecule is CCC(CC)C(Br)CNS(=O)(=O)c1ccc(Cl)cc1. The van der Waals surface area contributed by atoms with Gasteiger partial charge in [0.15, 0.2) is 0 Å². The van der Waals surface area contributed by atoms with Crippen LogP contribution in [-0.4, -0.2) is 19.8 Å². The summed E-state index contributed by atoms with van der Waals surface area (Å²) in [6.07, 6.45) is 2.05. The maximum Gasteiger partial charge on any atom is 0.240 e. The topological polar surface area (TPSA) is 46.2 Å². The van der Waals surface area contributed by atoms with E-state index in [1.54, 1.807) is 12.1 Å². The van der Waals surface area contributed by atoms with Gasteiger partial charge in [-0.3, -0.25) is 0 Å². The molecular weight excluding hydrogens is 350 g/mol. The zero-order valence-corrected chi connectivity index (χ0v) is 14.2. The molecule has 0 aromatic heterocycles. The van der Waals surface area contributed by atoms with Crippen molar-refractivity contribution in [3.05, 3.63) is 29.3 Å². The van der Waals surface area contributed by atoms with Crippen LogP contribution in [0, 0.1) is 5.92 Å². The normalized spacial score (nSPS) is 13.7. The van der Waals surface area contributed by atoms with Crippen molar-refractivity contribution in [2.75, 3.05) is 6.54 Å². The van der Waals surface area contributed by atoms with Crippen LogP contribution in [0.2, 0.25) is 5.02 Å². The van der Waals surface area contributed by atoms with Crippen molar-refractivity contribution in [3.63, 3.8) is 0 Å². The summed E-state index contributed by atoms with van der Waals surface area (Å²) in [5.41, 5.74) is 0. The number of hydrogen-bond acceptors (Lipinski definition) is 2. The van der Waals surface area contributed by atoms with Gasteiger partial charge in [0.25, 0.3) is 0 Å². The predicted molar refractivity (Wildman–Crippen MR) is 83.4 cm³/mol. The average Bonchev–Trinajstić information content (AvgIpc) is 2.38. The summed E-state index contributed by atoms with van der Waals surface area (Å²) in [7, 11) is -3.46. The van der Waals surface area contributed by atoms with Gasteiger partial charge in [0, 0.05) is 16.4 Å². The number of halogens is 2. The van der Waals surface area contributed by atoms with Gasteiger partial charge in [0.1, 0.15) is 0 Å². The van der Waals surface area contributed by atoms with Crippen molar-refractivity contribution >= 4 is 37.6 Å². The highest BCUT2D eigenvalue weighted by molar-refractivity contribution is 9.09. The van der Waals surface area contributed by atoms with Crippen LogP contribution in [0.25, 0.3) is 0 Å². The lowest BCUT2D eigenvalue weighted by Gasteiger charge is -2.19. The Bertz CT molecular complexity index is 486. The highest BCUT2D eigenvalue weighted by atomic mass is 79.9. The molecule has 0 aliphatic carbocycles. The highest BCUT2D eigenvalue weighted by Crippen LogP contribution is 2.20. The van der Waals surface area contributed by atoms with Gasteiger partial charge in [0.05, 0.1) is 4.90 Å². The van der Waals surface area contributed by atoms with Crippen molar-refractivity contribution in [2.45, 2.75) is 36.4 Å². The monoisotopic (exact) mass is 367 g/mol. The molecule has 1 N–H and O–H groups in total. The summed E-state index contributed by atoms with van der Waals surface area (Å²) < 4.78 is 26.8. The van der Waals surface area contributed by atoms with Gasteiger partial charge in [0.2, 0.25) is 10.0 Å². The molecule has 0 aliphatic rings. The molecule has 0 amide bonds. The van der Waals surface area contributed by atoms with Crippen molar-refractivity contribution in [3.8, 4) is 0 Å². The largest absolute Gasteiger partial charge is 0.240 e. The van der Waals surface area contributed by atoms with Crippen LogP contribution in [0.5, 0.6) is 0 Å². The van der Waals surface area contributed by atoms with Gasteiger partial charge >= 0.3 is 0 Å². The first-order valence-corrected chi connectivity index (χ1v) is 9.07. The fourth-order valence-electron chi connectivity index (χ4n) is 1.85. The quantitative estimate of drug-likeness (QED) is 0.744. The van der Waals surface area contributed by atoms with Gasteiger partial charge < -0.3 is 0 Å². The Labute approximate surface area is 128 Å². The summed E-state index contributed by atoms with van der Waals surface area (Å²) in [6.45, 7) is 4.60. The third-order valence-corrected chi connectivity index (χ3v) is 5.92. The van der Waals surface area contributed by atoms with Crippen molar-refractivity contribution in [1.82, 2.24) is 4.72 Å². The Morgan fingerprint density at radius 2 is 1.74 bits per heavy atom. The molecule has 0 aliphatic heterocycles. The highest BCUT2D eigenvalue weighted by Gasteiger charge is 2.19. The minimum absolute atomic E-state index is 0.143. The molecule has 0 heterocycles. The molecule has 0 saturated carbocycles. The molecule has 1 rings (SSSR count). The van der Waals surface area contributed by atoms with Crippen LogP contribution in [0.3, 0.4) is 0 Å². The summed E-state index contributed by atoms with van der Waals surface area (Å²) >= 11 is 9.30. The Morgan fingerprint density at radius 1 is 1.21 bits per heavy atom. The molecule has 0 radical (unpaired) electrons. The molecule has 19 heavy (non-hydrogen) atoms. The van der Waals surface area contributed by atoms with Crippen molar-refractivity contribution in [1.29, 1.82) is 0 Å². The van der Waals surface area contributed by atoms with Gasteiger partial charge in [-0.25, -0.2) is 13.1 Å². The molecule has 1 unspecified atom stereocenters. The second kappa shape index (κ2) is 7.62. The van der Waals surface area contributed by atoms with E-state index in [9.17, 15) is 8.42 Å². The van der Waals surface area contributed by atoms with Crippen LogP contribution < -0.4 is 4.72 Å². The zero-order chi connectivity index (χ0) is 14.5. The van der Waals surface area contributed by atoms with E-state index in [0.29, 0.717) is 17.5 Å². The van der Waals surface area contributed by atoms with E-state index < -0.39 is 10.0 Å². The first-order valence-electron chi connectivity index (χ1n) is 6.30. The van der Waals surface area contributed by atoms with Gasteiger partial charge in [-0.2, -0.15) is 0 Å². The van der Waals surface area contributed by atoms with Crippen molar-refractivity contribution in [2.24, 2.45) is 5.92 Å². The maximum atomic E-state index is 12.1. The summed E-state index contributed by atoms with van der Waals surface area (Å²) in [5.74, 6) is 0.466. The molecule has 0 bridgehead atoms. The number of nitrogens with one attached hydrogen (secondary N) is 1. The lowest BCUT2D eigenvalue weighted by atomic mass is 10.00. The molecule has 1 aromatic rings. The van der Waals surface area contributed by atoms with E-state index in [0.717, 1.165) is 12.8 Å². The summed E-state index contributed by atoms with van der Waals surface area (Å²) in [6, 6.07) is 6.15.